The number of likely N-dealkylation sites (N-methyl/N-ethyl adjacent to an activating group) is 1. The number of hydrogen-bond acceptors (Lipinski definition) is 4. The molecule has 100 valence electrons. The van der Waals surface area contributed by atoms with Gasteiger partial charge in [-0.1, -0.05) is 0 Å². The van der Waals surface area contributed by atoms with Gasteiger partial charge in [0.15, 0.2) is 0 Å². The number of thioether (sulfide) groups is 1. The number of halogens is 1. The SMILES string of the molecule is CN1CCN(C(=O)CC2CSCCN2)CC1.Cl. The van der Waals surface area contributed by atoms with E-state index >= 15 is 0 Å². The lowest BCUT2D eigenvalue weighted by atomic mass is 10.2. The van der Waals surface area contributed by atoms with Gasteiger partial charge in [0.25, 0.3) is 0 Å². The quantitative estimate of drug-likeness (QED) is 0.788. The van der Waals surface area contributed by atoms with E-state index in [2.05, 4.69) is 17.3 Å². The zero-order valence-corrected chi connectivity index (χ0v) is 12.0. The maximum absolute atomic E-state index is 12.0. The first-order chi connectivity index (χ1) is 7.75. The van der Waals surface area contributed by atoms with Crippen LogP contribution in [0, 0.1) is 0 Å². The third-order valence-electron chi connectivity index (χ3n) is 3.28. The molecule has 2 rings (SSSR count). The molecule has 0 aromatic carbocycles. The first-order valence-electron chi connectivity index (χ1n) is 6.03. The smallest absolute Gasteiger partial charge is 0.224 e. The van der Waals surface area contributed by atoms with Gasteiger partial charge in [0.1, 0.15) is 0 Å². The highest BCUT2D eigenvalue weighted by Crippen LogP contribution is 2.12. The molecule has 2 aliphatic rings. The first-order valence-corrected chi connectivity index (χ1v) is 7.18. The second kappa shape index (κ2) is 7.46. The Bertz CT molecular complexity index is 241. The van der Waals surface area contributed by atoms with E-state index in [0.717, 1.165) is 38.5 Å². The van der Waals surface area contributed by atoms with Crippen molar-refractivity contribution >= 4 is 30.1 Å². The third-order valence-corrected chi connectivity index (χ3v) is 4.41. The van der Waals surface area contributed by atoms with Crippen LogP contribution in [0.1, 0.15) is 6.42 Å². The van der Waals surface area contributed by atoms with E-state index in [1.54, 1.807) is 0 Å². The minimum atomic E-state index is 0. The summed E-state index contributed by atoms with van der Waals surface area (Å²) in [5.74, 6) is 2.59. The van der Waals surface area contributed by atoms with Crippen LogP contribution in [0.4, 0.5) is 0 Å². The maximum Gasteiger partial charge on any atom is 0.224 e. The number of piperazine rings is 1. The summed E-state index contributed by atoms with van der Waals surface area (Å²) < 4.78 is 0. The third kappa shape index (κ3) is 4.66. The van der Waals surface area contributed by atoms with Crippen LogP contribution >= 0.6 is 24.2 Å². The molecule has 0 bridgehead atoms. The monoisotopic (exact) mass is 279 g/mol. The molecule has 0 spiro atoms. The summed E-state index contributed by atoms with van der Waals surface area (Å²) in [6, 6.07) is 0.394. The van der Waals surface area contributed by atoms with Crippen LogP contribution in [0.5, 0.6) is 0 Å². The van der Waals surface area contributed by atoms with E-state index in [1.807, 2.05) is 16.7 Å². The van der Waals surface area contributed by atoms with Crippen molar-refractivity contribution in [2.24, 2.45) is 0 Å². The van der Waals surface area contributed by atoms with Crippen LogP contribution in [0.25, 0.3) is 0 Å². The first kappa shape index (κ1) is 15.1. The predicted molar refractivity (Wildman–Crippen MR) is 75.1 cm³/mol. The van der Waals surface area contributed by atoms with E-state index in [-0.39, 0.29) is 12.4 Å². The Morgan fingerprint density at radius 3 is 2.65 bits per heavy atom. The Morgan fingerprint density at radius 1 is 1.35 bits per heavy atom. The molecule has 2 fully saturated rings. The minimum absolute atomic E-state index is 0. The Hall–Kier alpha value is 0.0300. The fourth-order valence-electron chi connectivity index (χ4n) is 2.15. The maximum atomic E-state index is 12.0. The molecule has 4 nitrogen and oxygen atoms in total. The van der Waals surface area contributed by atoms with E-state index < -0.39 is 0 Å². The van der Waals surface area contributed by atoms with Gasteiger partial charge in [-0.25, -0.2) is 0 Å². The molecule has 1 atom stereocenters. The van der Waals surface area contributed by atoms with Crippen molar-refractivity contribution in [3.8, 4) is 0 Å². The van der Waals surface area contributed by atoms with Crippen molar-refractivity contribution in [1.29, 1.82) is 0 Å². The lowest BCUT2D eigenvalue weighted by molar-refractivity contribution is -0.133. The number of hydrogen-bond donors (Lipinski definition) is 1. The van der Waals surface area contributed by atoms with E-state index in [0.29, 0.717) is 18.4 Å². The number of carbonyl (C=O) groups excluding carboxylic acids is 1. The predicted octanol–water partition coefficient (Wildman–Crippen LogP) is 0.277. The lowest BCUT2D eigenvalue weighted by Gasteiger charge is -2.33. The van der Waals surface area contributed by atoms with Crippen molar-refractivity contribution in [3.63, 3.8) is 0 Å². The molecular formula is C11H22ClN3OS. The summed E-state index contributed by atoms with van der Waals surface area (Å²) in [5.41, 5.74) is 0. The van der Waals surface area contributed by atoms with Crippen molar-refractivity contribution in [1.82, 2.24) is 15.1 Å². The van der Waals surface area contributed by atoms with Crippen LogP contribution in [0.3, 0.4) is 0 Å². The van der Waals surface area contributed by atoms with Gasteiger partial charge in [-0.2, -0.15) is 11.8 Å². The van der Waals surface area contributed by atoms with Gasteiger partial charge in [-0.15, -0.1) is 12.4 Å². The average molecular weight is 280 g/mol. The van der Waals surface area contributed by atoms with Crippen molar-refractivity contribution in [2.75, 3.05) is 51.3 Å². The molecule has 1 unspecified atom stereocenters. The Morgan fingerprint density at radius 2 is 2.06 bits per heavy atom. The number of rotatable bonds is 2. The molecule has 0 aromatic heterocycles. The van der Waals surface area contributed by atoms with E-state index in [1.165, 1.54) is 5.75 Å². The van der Waals surface area contributed by atoms with Crippen LogP contribution in [0.2, 0.25) is 0 Å². The van der Waals surface area contributed by atoms with Gasteiger partial charge in [0, 0.05) is 56.7 Å². The summed E-state index contributed by atoms with van der Waals surface area (Å²) in [5, 5.41) is 3.42. The standard InChI is InChI=1S/C11H21N3OS.ClH/c1-13-3-5-14(6-4-13)11(15)8-10-9-16-7-2-12-10;/h10,12H,2-9H2,1H3;1H. The zero-order valence-electron chi connectivity index (χ0n) is 10.4. The molecule has 6 heteroatoms. The summed E-state index contributed by atoms with van der Waals surface area (Å²) in [6.45, 7) is 4.87. The molecule has 17 heavy (non-hydrogen) atoms. The van der Waals surface area contributed by atoms with Crippen LogP contribution in [-0.4, -0.2) is 73.0 Å². The molecular weight excluding hydrogens is 258 g/mol. The zero-order chi connectivity index (χ0) is 11.4. The number of nitrogens with one attached hydrogen (secondary N) is 1. The van der Waals surface area contributed by atoms with Gasteiger partial charge >= 0.3 is 0 Å². The highest BCUT2D eigenvalue weighted by Gasteiger charge is 2.23. The van der Waals surface area contributed by atoms with Crippen molar-refractivity contribution in [2.45, 2.75) is 12.5 Å². The second-order valence-corrected chi connectivity index (χ2v) is 5.76. The van der Waals surface area contributed by atoms with Gasteiger partial charge in [-0.05, 0) is 7.05 Å². The normalized spacial score (nSPS) is 26.4. The van der Waals surface area contributed by atoms with E-state index in [9.17, 15) is 4.79 Å². The highest BCUT2D eigenvalue weighted by molar-refractivity contribution is 7.99. The second-order valence-electron chi connectivity index (χ2n) is 4.61. The number of amides is 1. The van der Waals surface area contributed by atoms with Crippen LogP contribution < -0.4 is 5.32 Å². The van der Waals surface area contributed by atoms with Crippen molar-refractivity contribution in [3.05, 3.63) is 0 Å². The summed E-state index contributed by atoms with van der Waals surface area (Å²) in [4.78, 5) is 16.3. The molecule has 0 aromatic rings. The Balaban J connectivity index is 0.00000144. The Labute approximate surface area is 114 Å². The summed E-state index contributed by atoms with van der Waals surface area (Å²) >= 11 is 1.95. The fraction of sp³-hybridized carbons (Fsp3) is 0.909. The molecule has 2 saturated heterocycles. The minimum Gasteiger partial charge on any atom is -0.340 e. The summed E-state index contributed by atoms with van der Waals surface area (Å²) in [7, 11) is 2.11. The molecule has 1 N–H and O–H groups in total. The summed E-state index contributed by atoms with van der Waals surface area (Å²) in [6.07, 6.45) is 0.677. The van der Waals surface area contributed by atoms with Crippen LogP contribution in [0.15, 0.2) is 0 Å². The number of carbonyl (C=O) groups is 1. The van der Waals surface area contributed by atoms with Gasteiger partial charge in [0.05, 0.1) is 0 Å². The fourth-order valence-corrected chi connectivity index (χ4v) is 3.10. The number of nitrogens with zero attached hydrogens (tertiary/aromatic N) is 2. The lowest BCUT2D eigenvalue weighted by Crippen LogP contribution is -2.49. The van der Waals surface area contributed by atoms with Crippen molar-refractivity contribution < 1.29 is 4.79 Å². The molecule has 1 amide bonds. The molecule has 0 saturated carbocycles. The molecule has 2 aliphatic heterocycles. The van der Waals surface area contributed by atoms with Gasteiger partial charge in [0.2, 0.25) is 5.91 Å². The largest absolute Gasteiger partial charge is 0.340 e. The Kier molecular flexibility index (Phi) is 6.62. The molecule has 0 radical (unpaired) electrons. The molecule has 0 aliphatic carbocycles. The molecule has 2 heterocycles. The highest BCUT2D eigenvalue weighted by atomic mass is 35.5. The van der Waals surface area contributed by atoms with Crippen LogP contribution in [-0.2, 0) is 4.79 Å². The van der Waals surface area contributed by atoms with Gasteiger partial charge < -0.3 is 15.1 Å². The van der Waals surface area contributed by atoms with E-state index in [4.69, 9.17) is 0 Å². The van der Waals surface area contributed by atoms with Gasteiger partial charge in [-0.3, -0.25) is 4.79 Å². The topological polar surface area (TPSA) is 35.6 Å². The average Bonchev–Trinajstić information content (AvgIpc) is 2.31.